The number of rotatable bonds is 3. The van der Waals surface area contributed by atoms with Crippen LogP contribution in [-0.2, 0) is 23.7 Å². The van der Waals surface area contributed by atoms with Gasteiger partial charge in [-0.3, -0.25) is 4.79 Å². The number of Topliss-reactive ketones (excluding diaryl/α,β-unsaturated/α-hetero) is 1. The number of hydrogen-bond acceptors (Lipinski definition) is 6. The Morgan fingerprint density at radius 1 is 1.13 bits per heavy atom. The number of nitrogens with zero attached hydrogens (tertiary/aromatic N) is 1. The van der Waals surface area contributed by atoms with Crippen molar-refractivity contribution < 1.29 is 28.5 Å². The summed E-state index contributed by atoms with van der Waals surface area (Å²) in [6.45, 7) is 3.04. The molecule has 0 aromatic rings. The maximum Gasteiger partial charge on any atom is 0.409 e. The minimum absolute atomic E-state index is 0.0172. The third-order valence-corrected chi connectivity index (χ3v) is 10.6. The van der Waals surface area contributed by atoms with Crippen molar-refractivity contribution >= 4 is 11.9 Å². The fourth-order valence-electron chi connectivity index (χ4n) is 10.0. The Labute approximate surface area is 183 Å². The zero-order valence-electron chi connectivity index (χ0n) is 19.1. The fourth-order valence-corrected chi connectivity index (χ4v) is 10.0. The van der Waals surface area contributed by atoms with Gasteiger partial charge in [0.05, 0.1) is 18.6 Å². The Morgan fingerprint density at radius 2 is 1.87 bits per heavy atom. The molecule has 31 heavy (non-hydrogen) atoms. The third-order valence-electron chi connectivity index (χ3n) is 10.6. The maximum atomic E-state index is 13.6. The Kier molecular flexibility index (Phi) is 3.85. The number of carbonyl (C=O) groups excluding carboxylic acids is 2. The highest BCUT2D eigenvalue weighted by Crippen LogP contribution is 2.83. The summed E-state index contributed by atoms with van der Waals surface area (Å²) in [5, 5.41) is 0. The Bertz CT molecular complexity index is 883. The molecule has 7 aliphatic rings. The highest BCUT2D eigenvalue weighted by Gasteiger charge is 2.88. The highest BCUT2D eigenvalue weighted by atomic mass is 16.7. The van der Waals surface area contributed by atoms with Crippen LogP contribution in [0.4, 0.5) is 4.79 Å². The largest absolute Gasteiger partial charge is 0.453 e. The monoisotopic (exact) mass is 431 g/mol. The minimum Gasteiger partial charge on any atom is -0.453 e. The lowest BCUT2D eigenvalue weighted by atomic mass is 9.40. The molecule has 0 radical (unpaired) electrons. The topological polar surface area (TPSA) is 74.3 Å². The van der Waals surface area contributed by atoms with Gasteiger partial charge in [-0.1, -0.05) is 19.1 Å². The molecule has 6 aliphatic carbocycles. The van der Waals surface area contributed by atoms with Gasteiger partial charge >= 0.3 is 6.09 Å². The molecule has 4 saturated carbocycles. The summed E-state index contributed by atoms with van der Waals surface area (Å²) in [7, 11) is 6.45. The van der Waals surface area contributed by atoms with E-state index in [-0.39, 0.29) is 52.6 Å². The van der Waals surface area contributed by atoms with Crippen molar-refractivity contribution in [1.82, 2.24) is 4.90 Å². The number of ether oxygens (including phenoxy) is 4. The normalized spacial score (nSPS) is 52.4. The van der Waals surface area contributed by atoms with E-state index in [0.717, 1.165) is 25.7 Å². The number of carbonyl (C=O) groups is 2. The van der Waals surface area contributed by atoms with E-state index in [4.69, 9.17) is 18.9 Å². The van der Waals surface area contributed by atoms with Gasteiger partial charge in [-0.05, 0) is 48.9 Å². The predicted molar refractivity (Wildman–Crippen MR) is 110 cm³/mol. The smallest absolute Gasteiger partial charge is 0.409 e. The first-order chi connectivity index (χ1) is 14.8. The Morgan fingerprint density at radius 3 is 2.52 bits per heavy atom. The quantitative estimate of drug-likeness (QED) is 0.505. The van der Waals surface area contributed by atoms with E-state index in [1.807, 2.05) is 4.90 Å². The molecule has 7 bridgehead atoms. The summed E-state index contributed by atoms with van der Waals surface area (Å²) in [5.41, 5.74) is -0.816. The molecule has 1 aliphatic heterocycles. The molecule has 1 amide bonds. The number of methoxy groups -OCH3 is 4. The van der Waals surface area contributed by atoms with Gasteiger partial charge in [-0.15, -0.1) is 0 Å². The average Bonchev–Trinajstić information content (AvgIpc) is 3.21. The summed E-state index contributed by atoms with van der Waals surface area (Å²) in [5.74, 6) is -0.867. The summed E-state index contributed by atoms with van der Waals surface area (Å²) < 4.78 is 23.6. The molecule has 0 N–H and O–H groups in total. The van der Waals surface area contributed by atoms with Crippen molar-refractivity contribution in [1.29, 1.82) is 0 Å². The van der Waals surface area contributed by atoms with Crippen LogP contribution in [0.1, 0.15) is 32.6 Å². The Balaban J connectivity index is 1.64. The molecule has 0 aromatic heterocycles. The number of allylic oxidation sites excluding steroid dienone is 1. The van der Waals surface area contributed by atoms with Crippen molar-refractivity contribution in [2.24, 2.45) is 39.9 Å². The van der Waals surface area contributed by atoms with Gasteiger partial charge in [0, 0.05) is 45.2 Å². The van der Waals surface area contributed by atoms with E-state index in [2.05, 4.69) is 19.1 Å². The van der Waals surface area contributed by atoms with E-state index < -0.39 is 11.2 Å². The van der Waals surface area contributed by atoms with Crippen LogP contribution in [0.15, 0.2) is 12.2 Å². The summed E-state index contributed by atoms with van der Waals surface area (Å²) in [6, 6.07) is -0.0488. The molecule has 7 heteroatoms. The van der Waals surface area contributed by atoms with E-state index in [1.165, 1.54) is 7.11 Å². The standard InChI is InChI=1S/C24H33NO6/c1-21-8-7-17(28-2)23-15(21)11-14(18(23)25(12-21)20(27)29-3)22-9-6-13(10-16(22)23)19(26)24(22,30-4)31-5/h6,9,13-18H,7-8,10-12H2,1-5H3/t13?,14-,15-,16?,17?,18?,21?,22+,23?/m1/s1. The molecule has 0 aromatic carbocycles. The summed E-state index contributed by atoms with van der Waals surface area (Å²) in [6.07, 6.45) is 7.78. The first-order valence-corrected chi connectivity index (χ1v) is 11.5. The fraction of sp³-hybridized carbons (Fsp3) is 0.833. The van der Waals surface area contributed by atoms with Crippen molar-refractivity contribution in [3.63, 3.8) is 0 Å². The second kappa shape index (κ2) is 5.91. The SMILES string of the molecule is COC(=O)N1CC2(C)CCC(OC)C34C1[C@@H](C[C@H]23)[C@@]12C=CC(CC41)C(=O)C2(OC)OC. The summed E-state index contributed by atoms with van der Waals surface area (Å²) in [4.78, 5) is 28.7. The predicted octanol–water partition coefficient (Wildman–Crippen LogP) is 2.64. The third kappa shape index (κ3) is 1.77. The van der Waals surface area contributed by atoms with Gasteiger partial charge in [-0.25, -0.2) is 4.79 Å². The zero-order chi connectivity index (χ0) is 22.0. The lowest BCUT2D eigenvalue weighted by molar-refractivity contribution is -0.302. The Hall–Kier alpha value is -1.44. The maximum absolute atomic E-state index is 13.6. The van der Waals surface area contributed by atoms with E-state index in [0.29, 0.717) is 12.5 Å². The molecular formula is C24H33NO6. The minimum atomic E-state index is -1.31. The average molecular weight is 432 g/mol. The molecule has 170 valence electrons. The molecule has 7 nitrogen and oxygen atoms in total. The molecule has 9 atom stereocenters. The van der Waals surface area contributed by atoms with E-state index in [9.17, 15) is 9.59 Å². The highest BCUT2D eigenvalue weighted by molar-refractivity contribution is 5.94. The van der Waals surface area contributed by atoms with Gasteiger partial charge in [0.25, 0.3) is 0 Å². The van der Waals surface area contributed by atoms with Crippen LogP contribution in [0.3, 0.4) is 0 Å². The van der Waals surface area contributed by atoms with Gasteiger partial charge in [-0.2, -0.15) is 0 Å². The molecular weight excluding hydrogens is 398 g/mol. The van der Waals surface area contributed by atoms with Crippen LogP contribution in [0.2, 0.25) is 0 Å². The molecule has 5 fully saturated rings. The number of likely N-dealkylation sites (tertiary alicyclic amines) is 1. The van der Waals surface area contributed by atoms with Crippen LogP contribution in [0.25, 0.3) is 0 Å². The molecule has 1 saturated heterocycles. The number of piperidine rings is 1. The van der Waals surface area contributed by atoms with E-state index >= 15 is 0 Å². The van der Waals surface area contributed by atoms with Crippen molar-refractivity contribution in [2.75, 3.05) is 35.0 Å². The van der Waals surface area contributed by atoms with Crippen molar-refractivity contribution in [3.05, 3.63) is 12.2 Å². The van der Waals surface area contributed by atoms with E-state index in [1.54, 1.807) is 21.3 Å². The number of fused-ring (bicyclic) bond motifs is 1. The van der Waals surface area contributed by atoms with Crippen LogP contribution in [-0.4, -0.2) is 69.7 Å². The lowest BCUT2D eigenvalue weighted by Gasteiger charge is -2.68. The molecule has 1 heterocycles. The summed E-state index contributed by atoms with van der Waals surface area (Å²) >= 11 is 0. The van der Waals surface area contributed by atoms with Gasteiger partial charge in [0.15, 0.2) is 5.78 Å². The first-order valence-electron chi connectivity index (χ1n) is 11.5. The van der Waals surface area contributed by atoms with Crippen molar-refractivity contribution in [3.8, 4) is 0 Å². The molecule has 7 rings (SSSR count). The number of amides is 1. The van der Waals surface area contributed by atoms with Crippen molar-refractivity contribution in [2.45, 2.75) is 50.5 Å². The number of ketones is 1. The number of hydrogen-bond donors (Lipinski definition) is 0. The second-order valence-corrected chi connectivity index (χ2v) is 10.9. The zero-order valence-corrected chi connectivity index (χ0v) is 19.1. The lowest BCUT2D eigenvalue weighted by Crippen LogP contribution is -2.73. The van der Waals surface area contributed by atoms with Crippen LogP contribution < -0.4 is 0 Å². The van der Waals surface area contributed by atoms with Crippen LogP contribution in [0.5, 0.6) is 0 Å². The van der Waals surface area contributed by atoms with Gasteiger partial charge in [0.2, 0.25) is 5.79 Å². The second-order valence-electron chi connectivity index (χ2n) is 10.9. The molecule has 6 unspecified atom stereocenters. The van der Waals surface area contributed by atoms with Gasteiger partial charge < -0.3 is 23.8 Å². The van der Waals surface area contributed by atoms with Crippen LogP contribution in [0, 0.1) is 39.9 Å². The first kappa shape index (κ1) is 20.2. The van der Waals surface area contributed by atoms with Crippen LogP contribution >= 0.6 is 0 Å². The van der Waals surface area contributed by atoms with Gasteiger partial charge in [0.1, 0.15) is 0 Å². The molecule has 2 spiro atoms.